The van der Waals surface area contributed by atoms with E-state index in [1.54, 1.807) is 18.2 Å². The van der Waals surface area contributed by atoms with Crippen LogP contribution in [0.15, 0.2) is 42.6 Å². The van der Waals surface area contributed by atoms with E-state index in [9.17, 15) is 14.0 Å². The van der Waals surface area contributed by atoms with Crippen LogP contribution in [0.1, 0.15) is 5.56 Å². The molecule has 6 heteroatoms. The van der Waals surface area contributed by atoms with E-state index in [4.69, 9.17) is 5.73 Å². The summed E-state index contributed by atoms with van der Waals surface area (Å²) < 4.78 is 26.3. The van der Waals surface area contributed by atoms with E-state index in [0.29, 0.717) is 28.0 Å². The van der Waals surface area contributed by atoms with E-state index in [1.165, 1.54) is 12.3 Å². The van der Waals surface area contributed by atoms with Crippen molar-refractivity contribution in [1.82, 2.24) is 4.98 Å². The van der Waals surface area contributed by atoms with Crippen molar-refractivity contribution in [1.29, 1.82) is 5.26 Å². The number of benzene rings is 2. The standard InChI is InChI=1S/C16H10F2N4/c17-12-5-4-10(6-13(12)18)22-15-9(7-19)8-21-16-11(15)2-1-3-14(16)20/h1-6,8H,20H2,(H,21,22). The summed E-state index contributed by atoms with van der Waals surface area (Å²) in [5.41, 5.74) is 7.93. The van der Waals surface area contributed by atoms with Crippen LogP contribution in [0.3, 0.4) is 0 Å². The first-order valence-electron chi connectivity index (χ1n) is 6.39. The van der Waals surface area contributed by atoms with Gasteiger partial charge in [0.2, 0.25) is 0 Å². The van der Waals surface area contributed by atoms with E-state index in [-0.39, 0.29) is 5.56 Å². The lowest BCUT2D eigenvalue weighted by molar-refractivity contribution is 0.509. The Morgan fingerprint density at radius 1 is 1.14 bits per heavy atom. The summed E-state index contributed by atoms with van der Waals surface area (Å²) in [5.74, 6) is -1.91. The van der Waals surface area contributed by atoms with Crippen molar-refractivity contribution >= 4 is 28.0 Å². The van der Waals surface area contributed by atoms with Crippen molar-refractivity contribution in [2.75, 3.05) is 11.1 Å². The summed E-state index contributed by atoms with van der Waals surface area (Å²) in [7, 11) is 0. The van der Waals surface area contributed by atoms with Gasteiger partial charge >= 0.3 is 0 Å². The molecule has 1 aromatic heterocycles. The lowest BCUT2D eigenvalue weighted by Gasteiger charge is -2.12. The summed E-state index contributed by atoms with van der Waals surface area (Å²) in [6.07, 6.45) is 1.39. The van der Waals surface area contributed by atoms with E-state index in [2.05, 4.69) is 10.3 Å². The highest BCUT2D eigenvalue weighted by molar-refractivity contribution is 6.00. The Balaban J connectivity index is 2.18. The van der Waals surface area contributed by atoms with Crippen molar-refractivity contribution in [3.05, 3.63) is 59.8 Å². The highest BCUT2D eigenvalue weighted by Gasteiger charge is 2.11. The van der Waals surface area contributed by atoms with Crippen LogP contribution in [-0.4, -0.2) is 4.98 Å². The minimum atomic E-state index is -0.971. The van der Waals surface area contributed by atoms with Gasteiger partial charge in [-0.05, 0) is 18.2 Å². The number of para-hydroxylation sites is 1. The molecule has 108 valence electrons. The van der Waals surface area contributed by atoms with Crippen LogP contribution in [0.25, 0.3) is 10.9 Å². The third-order valence-electron chi connectivity index (χ3n) is 3.24. The van der Waals surface area contributed by atoms with Gasteiger partial charge in [-0.2, -0.15) is 5.26 Å². The van der Waals surface area contributed by atoms with E-state index >= 15 is 0 Å². The molecule has 0 unspecified atom stereocenters. The molecule has 0 radical (unpaired) electrons. The van der Waals surface area contributed by atoms with Crippen LogP contribution in [0.2, 0.25) is 0 Å². The molecule has 0 amide bonds. The van der Waals surface area contributed by atoms with Gasteiger partial charge in [-0.3, -0.25) is 4.98 Å². The lowest BCUT2D eigenvalue weighted by Crippen LogP contribution is -1.99. The summed E-state index contributed by atoms with van der Waals surface area (Å²) in [5, 5.41) is 12.8. The molecule has 0 aliphatic rings. The van der Waals surface area contributed by atoms with Crippen LogP contribution in [-0.2, 0) is 0 Å². The zero-order valence-electron chi connectivity index (χ0n) is 11.3. The number of hydrogen-bond donors (Lipinski definition) is 2. The third kappa shape index (κ3) is 2.29. The van der Waals surface area contributed by atoms with E-state index in [1.807, 2.05) is 6.07 Å². The second-order valence-corrected chi connectivity index (χ2v) is 4.66. The molecule has 22 heavy (non-hydrogen) atoms. The molecule has 2 aromatic carbocycles. The number of rotatable bonds is 2. The maximum Gasteiger partial charge on any atom is 0.160 e. The highest BCUT2D eigenvalue weighted by atomic mass is 19.2. The monoisotopic (exact) mass is 296 g/mol. The number of hydrogen-bond acceptors (Lipinski definition) is 4. The predicted molar refractivity (Wildman–Crippen MR) is 80.5 cm³/mol. The lowest BCUT2D eigenvalue weighted by atomic mass is 10.1. The fourth-order valence-corrected chi connectivity index (χ4v) is 2.18. The SMILES string of the molecule is N#Cc1cnc2c(N)cccc2c1Nc1ccc(F)c(F)c1. The molecule has 3 aromatic rings. The average molecular weight is 296 g/mol. The first kappa shape index (κ1) is 13.8. The molecular formula is C16H10F2N4. The van der Waals surface area contributed by atoms with Gasteiger partial charge in [0.15, 0.2) is 11.6 Å². The summed E-state index contributed by atoms with van der Waals surface area (Å²) >= 11 is 0. The van der Waals surface area contributed by atoms with Crippen molar-refractivity contribution < 1.29 is 8.78 Å². The number of halogens is 2. The maximum absolute atomic E-state index is 13.3. The third-order valence-corrected chi connectivity index (χ3v) is 3.24. The Kier molecular flexibility index (Phi) is 3.31. The molecule has 3 N–H and O–H groups in total. The molecule has 0 bridgehead atoms. The summed E-state index contributed by atoms with van der Waals surface area (Å²) in [6, 6.07) is 10.6. The van der Waals surface area contributed by atoms with Gasteiger partial charge in [0.25, 0.3) is 0 Å². The Hall–Kier alpha value is -3.20. The average Bonchev–Trinajstić information content (AvgIpc) is 2.52. The van der Waals surface area contributed by atoms with Gasteiger partial charge in [0.1, 0.15) is 6.07 Å². The van der Waals surface area contributed by atoms with Crippen molar-refractivity contribution in [3.63, 3.8) is 0 Å². The number of fused-ring (bicyclic) bond motifs is 1. The number of nitrogens with two attached hydrogens (primary N) is 1. The molecule has 0 spiro atoms. The van der Waals surface area contributed by atoms with E-state index < -0.39 is 11.6 Å². The van der Waals surface area contributed by atoms with Crippen LogP contribution < -0.4 is 11.1 Å². The first-order valence-corrected chi connectivity index (χ1v) is 6.39. The molecule has 0 saturated carbocycles. The molecule has 4 nitrogen and oxygen atoms in total. The van der Waals surface area contributed by atoms with Crippen LogP contribution in [0.4, 0.5) is 25.8 Å². The van der Waals surface area contributed by atoms with Gasteiger partial charge in [-0.15, -0.1) is 0 Å². The Labute approximate surface area is 124 Å². The number of nitrogens with one attached hydrogen (secondary N) is 1. The molecule has 3 rings (SSSR count). The summed E-state index contributed by atoms with van der Waals surface area (Å²) in [4.78, 5) is 4.16. The quantitative estimate of drug-likeness (QED) is 0.707. The molecule has 0 aliphatic carbocycles. The minimum absolute atomic E-state index is 0.280. The second kappa shape index (κ2) is 5.30. The van der Waals surface area contributed by atoms with Crippen LogP contribution >= 0.6 is 0 Å². The van der Waals surface area contributed by atoms with Gasteiger partial charge in [-0.1, -0.05) is 12.1 Å². The fraction of sp³-hybridized carbons (Fsp3) is 0. The maximum atomic E-state index is 13.3. The zero-order valence-corrected chi connectivity index (χ0v) is 11.3. The fourth-order valence-electron chi connectivity index (χ4n) is 2.18. The first-order chi connectivity index (χ1) is 10.6. The normalized spacial score (nSPS) is 10.4. The van der Waals surface area contributed by atoms with Gasteiger partial charge in [0.05, 0.1) is 22.5 Å². The highest BCUT2D eigenvalue weighted by Crippen LogP contribution is 2.31. The van der Waals surface area contributed by atoms with Crippen molar-refractivity contribution in [2.45, 2.75) is 0 Å². The summed E-state index contributed by atoms with van der Waals surface area (Å²) in [6.45, 7) is 0. The Morgan fingerprint density at radius 3 is 2.68 bits per heavy atom. The largest absolute Gasteiger partial charge is 0.397 e. The zero-order chi connectivity index (χ0) is 15.7. The number of pyridine rings is 1. The number of anilines is 3. The number of nitriles is 1. The number of aromatic nitrogens is 1. The molecule has 0 fully saturated rings. The second-order valence-electron chi connectivity index (χ2n) is 4.66. The number of nitrogens with zero attached hydrogens (tertiary/aromatic N) is 2. The smallest absolute Gasteiger partial charge is 0.160 e. The minimum Gasteiger partial charge on any atom is -0.397 e. The Morgan fingerprint density at radius 2 is 1.95 bits per heavy atom. The number of nitrogen functional groups attached to an aromatic ring is 1. The van der Waals surface area contributed by atoms with Gasteiger partial charge < -0.3 is 11.1 Å². The van der Waals surface area contributed by atoms with Crippen molar-refractivity contribution in [2.24, 2.45) is 0 Å². The topological polar surface area (TPSA) is 74.7 Å². The van der Waals surface area contributed by atoms with Crippen LogP contribution in [0, 0.1) is 23.0 Å². The Bertz CT molecular complexity index is 916. The molecule has 1 heterocycles. The molecular weight excluding hydrogens is 286 g/mol. The van der Waals surface area contributed by atoms with E-state index in [0.717, 1.165) is 12.1 Å². The van der Waals surface area contributed by atoms with Gasteiger partial charge in [0, 0.05) is 23.3 Å². The van der Waals surface area contributed by atoms with Crippen LogP contribution in [0.5, 0.6) is 0 Å². The van der Waals surface area contributed by atoms with Gasteiger partial charge in [-0.25, -0.2) is 8.78 Å². The predicted octanol–water partition coefficient (Wildman–Crippen LogP) is 3.71. The van der Waals surface area contributed by atoms with Crippen molar-refractivity contribution in [3.8, 4) is 6.07 Å². The molecule has 0 atom stereocenters. The molecule has 0 aliphatic heterocycles. The molecule has 0 saturated heterocycles.